The first-order chi connectivity index (χ1) is 7.68. The number of methoxy groups -OCH3 is 1. The van der Waals surface area contributed by atoms with Crippen LogP contribution in [0.1, 0.15) is 58.8 Å². The summed E-state index contributed by atoms with van der Waals surface area (Å²) in [6, 6.07) is 0.307. The maximum absolute atomic E-state index is 5.79. The van der Waals surface area contributed by atoms with Gasteiger partial charge in [-0.2, -0.15) is 0 Å². The molecule has 2 unspecified atom stereocenters. The lowest BCUT2D eigenvalue weighted by Crippen LogP contribution is -2.53. The van der Waals surface area contributed by atoms with E-state index in [0.29, 0.717) is 6.04 Å². The Hall–Kier alpha value is -0.120. The Balaban J connectivity index is 2.57. The first-order valence-corrected chi connectivity index (χ1v) is 6.69. The van der Waals surface area contributed by atoms with Gasteiger partial charge in [0.2, 0.25) is 0 Å². The fourth-order valence-electron chi connectivity index (χ4n) is 3.12. The summed E-state index contributed by atoms with van der Waals surface area (Å²) in [6.45, 7) is 4.55. The van der Waals surface area contributed by atoms with Gasteiger partial charge in [-0.3, -0.25) is 11.3 Å². The molecule has 2 atom stereocenters. The van der Waals surface area contributed by atoms with E-state index in [9.17, 15) is 0 Å². The fourth-order valence-corrected chi connectivity index (χ4v) is 3.12. The summed E-state index contributed by atoms with van der Waals surface area (Å²) in [5, 5.41) is 0. The van der Waals surface area contributed by atoms with Crippen molar-refractivity contribution in [2.75, 3.05) is 7.11 Å². The summed E-state index contributed by atoms with van der Waals surface area (Å²) >= 11 is 0. The molecule has 16 heavy (non-hydrogen) atoms. The molecule has 0 spiro atoms. The Morgan fingerprint density at radius 2 is 2.00 bits per heavy atom. The van der Waals surface area contributed by atoms with Crippen LogP contribution in [-0.2, 0) is 4.74 Å². The van der Waals surface area contributed by atoms with E-state index < -0.39 is 0 Å². The number of nitrogens with one attached hydrogen (secondary N) is 1. The van der Waals surface area contributed by atoms with E-state index in [1.807, 2.05) is 7.11 Å². The second-order valence-corrected chi connectivity index (χ2v) is 5.32. The molecule has 96 valence electrons. The number of hydrogen-bond donors (Lipinski definition) is 2. The van der Waals surface area contributed by atoms with Crippen LogP contribution in [0, 0.1) is 5.92 Å². The Bertz CT molecular complexity index is 190. The van der Waals surface area contributed by atoms with Gasteiger partial charge in [0.05, 0.1) is 11.6 Å². The van der Waals surface area contributed by atoms with Crippen molar-refractivity contribution in [1.82, 2.24) is 5.43 Å². The zero-order chi connectivity index (χ0) is 12.0. The van der Waals surface area contributed by atoms with Crippen molar-refractivity contribution in [3.8, 4) is 0 Å². The highest BCUT2D eigenvalue weighted by molar-refractivity contribution is 4.96. The Morgan fingerprint density at radius 1 is 1.38 bits per heavy atom. The number of nitrogens with two attached hydrogens (primary N) is 1. The van der Waals surface area contributed by atoms with Crippen LogP contribution in [0.15, 0.2) is 0 Å². The second-order valence-electron chi connectivity index (χ2n) is 5.32. The molecule has 1 aliphatic rings. The maximum atomic E-state index is 5.79. The van der Waals surface area contributed by atoms with Crippen molar-refractivity contribution in [2.24, 2.45) is 11.8 Å². The Morgan fingerprint density at radius 3 is 2.44 bits per heavy atom. The molecule has 1 rings (SSSR count). The van der Waals surface area contributed by atoms with Crippen LogP contribution in [0.3, 0.4) is 0 Å². The normalized spacial score (nSPS) is 23.2. The van der Waals surface area contributed by atoms with E-state index in [0.717, 1.165) is 25.2 Å². The van der Waals surface area contributed by atoms with E-state index in [1.54, 1.807) is 0 Å². The smallest absolute Gasteiger partial charge is 0.0844 e. The van der Waals surface area contributed by atoms with Crippen LogP contribution in [0.2, 0.25) is 0 Å². The van der Waals surface area contributed by atoms with Crippen molar-refractivity contribution in [3.05, 3.63) is 0 Å². The molecular formula is C13H28N2O. The molecule has 0 aliphatic heterocycles. The molecule has 0 bridgehead atoms. The molecule has 3 heteroatoms. The molecule has 1 aliphatic carbocycles. The summed E-state index contributed by atoms with van der Waals surface area (Å²) in [4.78, 5) is 0. The SMILES string of the molecule is CCCC(C)CC(NN)C1(OC)CCCC1. The summed E-state index contributed by atoms with van der Waals surface area (Å²) < 4.78 is 5.79. The van der Waals surface area contributed by atoms with Gasteiger partial charge in [0.25, 0.3) is 0 Å². The lowest BCUT2D eigenvalue weighted by atomic mass is 9.85. The van der Waals surface area contributed by atoms with Gasteiger partial charge in [-0.05, 0) is 25.2 Å². The minimum Gasteiger partial charge on any atom is -0.377 e. The number of hydrogen-bond acceptors (Lipinski definition) is 3. The summed E-state index contributed by atoms with van der Waals surface area (Å²) in [7, 11) is 1.83. The first-order valence-electron chi connectivity index (χ1n) is 6.69. The molecular weight excluding hydrogens is 200 g/mol. The standard InChI is InChI=1S/C13H28N2O/c1-4-7-11(2)10-12(15-14)13(16-3)8-5-6-9-13/h11-12,15H,4-10,14H2,1-3H3. The fraction of sp³-hybridized carbons (Fsp3) is 1.00. The van der Waals surface area contributed by atoms with E-state index in [-0.39, 0.29) is 5.60 Å². The molecule has 0 saturated heterocycles. The van der Waals surface area contributed by atoms with Gasteiger partial charge >= 0.3 is 0 Å². The van der Waals surface area contributed by atoms with Crippen molar-refractivity contribution in [3.63, 3.8) is 0 Å². The molecule has 0 aromatic carbocycles. The molecule has 0 heterocycles. The third-order valence-electron chi connectivity index (χ3n) is 4.11. The van der Waals surface area contributed by atoms with Crippen LogP contribution >= 0.6 is 0 Å². The van der Waals surface area contributed by atoms with Crippen LogP contribution in [0.5, 0.6) is 0 Å². The zero-order valence-corrected chi connectivity index (χ0v) is 11.1. The highest BCUT2D eigenvalue weighted by Crippen LogP contribution is 2.37. The third-order valence-corrected chi connectivity index (χ3v) is 4.11. The lowest BCUT2D eigenvalue weighted by Gasteiger charge is -2.37. The largest absolute Gasteiger partial charge is 0.377 e. The van der Waals surface area contributed by atoms with Crippen molar-refractivity contribution in [1.29, 1.82) is 0 Å². The summed E-state index contributed by atoms with van der Waals surface area (Å²) in [5.74, 6) is 6.45. The third kappa shape index (κ3) is 3.19. The highest BCUT2D eigenvalue weighted by atomic mass is 16.5. The number of hydrazine groups is 1. The first kappa shape index (κ1) is 13.9. The average Bonchev–Trinajstić information content (AvgIpc) is 2.76. The molecule has 0 aromatic heterocycles. The van der Waals surface area contributed by atoms with Crippen molar-refractivity contribution < 1.29 is 4.74 Å². The molecule has 3 N–H and O–H groups in total. The molecule has 0 amide bonds. The van der Waals surface area contributed by atoms with E-state index in [2.05, 4.69) is 19.3 Å². The second kappa shape index (κ2) is 6.58. The van der Waals surface area contributed by atoms with Gasteiger partial charge in [0, 0.05) is 7.11 Å². The van der Waals surface area contributed by atoms with Crippen LogP contribution < -0.4 is 11.3 Å². The van der Waals surface area contributed by atoms with Crippen molar-refractivity contribution >= 4 is 0 Å². The summed E-state index contributed by atoms with van der Waals surface area (Å²) in [6.07, 6.45) is 8.49. The van der Waals surface area contributed by atoms with Crippen molar-refractivity contribution in [2.45, 2.75) is 70.4 Å². The molecule has 0 radical (unpaired) electrons. The van der Waals surface area contributed by atoms with Gasteiger partial charge < -0.3 is 4.74 Å². The van der Waals surface area contributed by atoms with E-state index >= 15 is 0 Å². The Labute approximate surface area is 100 Å². The predicted molar refractivity (Wildman–Crippen MR) is 68.0 cm³/mol. The zero-order valence-electron chi connectivity index (χ0n) is 11.1. The molecule has 1 saturated carbocycles. The monoisotopic (exact) mass is 228 g/mol. The van der Waals surface area contributed by atoms with Gasteiger partial charge in [0.15, 0.2) is 0 Å². The maximum Gasteiger partial charge on any atom is 0.0844 e. The van der Waals surface area contributed by atoms with Gasteiger partial charge in [-0.25, -0.2) is 0 Å². The average molecular weight is 228 g/mol. The molecule has 1 fully saturated rings. The van der Waals surface area contributed by atoms with E-state index in [1.165, 1.54) is 25.7 Å². The number of rotatable bonds is 7. The lowest BCUT2D eigenvalue weighted by molar-refractivity contribution is -0.0415. The predicted octanol–water partition coefficient (Wildman–Crippen LogP) is 2.60. The minimum absolute atomic E-state index is 0.00322. The highest BCUT2D eigenvalue weighted by Gasteiger charge is 2.41. The topological polar surface area (TPSA) is 47.3 Å². The minimum atomic E-state index is -0.00322. The van der Waals surface area contributed by atoms with Gasteiger partial charge in [-0.1, -0.05) is 39.5 Å². The number of ether oxygens (including phenoxy) is 1. The van der Waals surface area contributed by atoms with Crippen LogP contribution in [-0.4, -0.2) is 18.8 Å². The van der Waals surface area contributed by atoms with Crippen LogP contribution in [0.4, 0.5) is 0 Å². The summed E-state index contributed by atoms with van der Waals surface area (Å²) in [5.41, 5.74) is 3.00. The van der Waals surface area contributed by atoms with Gasteiger partial charge in [-0.15, -0.1) is 0 Å². The van der Waals surface area contributed by atoms with E-state index in [4.69, 9.17) is 10.6 Å². The Kier molecular flexibility index (Phi) is 5.73. The molecule has 3 nitrogen and oxygen atoms in total. The van der Waals surface area contributed by atoms with Crippen LogP contribution in [0.25, 0.3) is 0 Å². The quantitative estimate of drug-likeness (QED) is 0.520. The van der Waals surface area contributed by atoms with Gasteiger partial charge in [0.1, 0.15) is 0 Å². The molecule has 0 aromatic rings.